The third kappa shape index (κ3) is 3.48. The van der Waals surface area contributed by atoms with Crippen LogP contribution in [0.1, 0.15) is 24.2 Å². The third-order valence-corrected chi connectivity index (χ3v) is 5.72. The molecule has 6 nitrogen and oxygen atoms in total. The van der Waals surface area contributed by atoms with Gasteiger partial charge < -0.3 is 14.6 Å². The van der Waals surface area contributed by atoms with Crippen molar-refractivity contribution in [1.82, 2.24) is 9.97 Å². The normalized spacial score (nSPS) is 17.1. The molecule has 0 aliphatic carbocycles. The van der Waals surface area contributed by atoms with Gasteiger partial charge in [0, 0.05) is 23.1 Å². The van der Waals surface area contributed by atoms with Gasteiger partial charge in [-0.3, -0.25) is 4.79 Å². The number of carbonyl (C=O) groups excluding carboxylic acids is 1. The molecule has 1 amide bonds. The van der Waals surface area contributed by atoms with E-state index >= 15 is 0 Å². The van der Waals surface area contributed by atoms with Gasteiger partial charge in [-0.1, -0.05) is 15.9 Å². The lowest BCUT2D eigenvalue weighted by Gasteiger charge is -2.33. The number of furan rings is 1. The largest absolute Gasteiger partial charge is 0.443 e. The van der Waals surface area contributed by atoms with Gasteiger partial charge in [0.25, 0.3) is 0 Å². The minimum atomic E-state index is -0.461. The Morgan fingerprint density at radius 3 is 2.96 bits per heavy atom. The second kappa shape index (κ2) is 7.50. The summed E-state index contributed by atoms with van der Waals surface area (Å²) in [6.07, 6.45) is 3.08. The van der Waals surface area contributed by atoms with Crippen LogP contribution in [0.4, 0.5) is 15.9 Å². The summed E-state index contributed by atoms with van der Waals surface area (Å²) in [7, 11) is 0. The van der Waals surface area contributed by atoms with Crippen molar-refractivity contribution in [2.24, 2.45) is 5.92 Å². The second-order valence-electron chi connectivity index (χ2n) is 7.06. The number of nitrogens with one attached hydrogen (secondary N) is 1. The zero-order chi connectivity index (χ0) is 19.8. The van der Waals surface area contributed by atoms with Crippen molar-refractivity contribution < 1.29 is 13.6 Å². The molecule has 3 aromatic rings. The number of piperidine rings is 1. The van der Waals surface area contributed by atoms with E-state index in [-0.39, 0.29) is 17.5 Å². The third-order valence-electron chi connectivity index (χ3n) is 5.23. The maximum Gasteiger partial charge on any atom is 0.231 e. The average Bonchev–Trinajstić information content (AvgIpc) is 2.98. The summed E-state index contributed by atoms with van der Waals surface area (Å²) in [6.45, 7) is 5.20. The topological polar surface area (TPSA) is 71.3 Å². The molecular weight excluding hydrogens is 427 g/mol. The molecule has 3 heterocycles. The van der Waals surface area contributed by atoms with Crippen LogP contribution in [0, 0.1) is 25.6 Å². The van der Waals surface area contributed by atoms with Crippen molar-refractivity contribution in [3.63, 3.8) is 0 Å². The summed E-state index contributed by atoms with van der Waals surface area (Å²) >= 11 is 3.22. The molecule has 1 saturated heterocycles. The molecule has 8 heteroatoms. The first-order valence-electron chi connectivity index (χ1n) is 9.15. The highest BCUT2D eigenvalue weighted by molar-refractivity contribution is 9.10. The first-order valence-corrected chi connectivity index (χ1v) is 9.95. The van der Waals surface area contributed by atoms with E-state index in [2.05, 4.69) is 36.1 Å². The van der Waals surface area contributed by atoms with Crippen LogP contribution in [-0.2, 0) is 4.79 Å². The van der Waals surface area contributed by atoms with Crippen LogP contribution in [0.3, 0.4) is 0 Å². The van der Waals surface area contributed by atoms with E-state index in [1.807, 2.05) is 13.8 Å². The Kier molecular flexibility index (Phi) is 5.05. The Morgan fingerprint density at radius 2 is 2.18 bits per heavy atom. The summed E-state index contributed by atoms with van der Waals surface area (Å²) < 4.78 is 20.4. The van der Waals surface area contributed by atoms with E-state index in [1.165, 1.54) is 12.4 Å². The number of rotatable bonds is 3. The number of amides is 1. The number of halogens is 2. The fourth-order valence-electron chi connectivity index (χ4n) is 3.61. The van der Waals surface area contributed by atoms with Crippen molar-refractivity contribution in [3.05, 3.63) is 46.1 Å². The predicted octanol–water partition coefficient (Wildman–Crippen LogP) is 4.60. The molecule has 1 fully saturated rings. The Morgan fingerprint density at radius 1 is 1.36 bits per heavy atom. The van der Waals surface area contributed by atoms with Gasteiger partial charge >= 0.3 is 0 Å². The quantitative estimate of drug-likeness (QED) is 0.636. The van der Waals surface area contributed by atoms with Gasteiger partial charge in [0.1, 0.15) is 23.7 Å². The Bertz CT molecular complexity index is 1050. The zero-order valence-corrected chi connectivity index (χ0v) is 17.2. The molecule has 146 valence electrons. The first kappa shape index (κ1) is 18.9. The lowest BCUT2D eigenvalue weighted by molar-refractivity contribution is -0.120. The van der Waals surface area contributed by atoms with Crippen LogP contribution in [0.2, 0.25) is 0 Å². The number of carbonyl (C=O) groups is 1. The van der Waals surface area contributed by atoms with Crippen molar-refractivity contribution in [2.75, 3.05) is 23.3 Å². The minimum Gasteiger partial charge on any atom is -0.443 e. The van der Waals surface area contributed by atoms with E-state index in [0.717, 1.165) is 41.9 Å². The Balaban J connectivity index is 1.56. The molecule has 1 aliphatic rings. The van der Waals surface area contributed by atoms with Crippen LogP contribution in [0.5, 0.6) is 0 Å². The molecule has 4 rings (SSSR count). The number of hydrogen-bond acceptors (Lipinski definition) is 5. The van der Waals surface area contributed by atoms with E-state index in [1.54, 1.807) is 12.1 Å². The summed E-state index contributed by atoms with van der Waals surface area (Å²) in [6, 6.07) is 4.60. The number of hydrogen-bond donors (Lipinski definition) is 1. The fourth-order valence-corrected chi connectivity index (χ4v) is 3.95. The van der Waals surface area contributed by atoms with Crippen LogP contribution < -0.4 is 10.2 Å². The molecule has 0 radical (unpaired) electrons. The summed E-state index contributed by atoms with van der Waals surface area (Å²) in [5.41, 5.74) is 1.76. The van der Waals surface area contributed by atoms with Gasteiger partial charge in [-0.15, -0.1) is 0 Å². The van der Waals surface area contributed by atoms with Crippen molar-refractivity contribution in [1.29, 1.82) is 0 Å². The first-order chi connectivity index (χ1) is 13.4. The summed E-state index contributed by atoms with van der Waals surface area (Å²) in [5, 5.41) is 3.61. The Hall–Kier alpha value is -2.48. The number of aryl methyl sites for hydroxylation is 2. The molecule has 1 aliphatic heterocycles. The molecule has 2 aromatic heterocycles. The monoisotopic (exact) mass is 446 g/mol. The average molecular weight is 447 g/mol. The SMILES string of the molecule is Cc1oc2ncnc(N3CCCC(C(=O)Nc4ccc(Br)cc4F)C3)c2c1C. The highest BCUT2D eigenvalue weighted by atomic mass is 79.9. The van der Waals surface area contributed by atoms with Gasteiger partial charge in [-0.2, -0.15) is 0 Å². The van der Waals surface area contributed by atoms with Gasteiger partial charge in [-0.05, 0) is 44.9 Å². The molecule has 1 atom stereocenters. The standard InChI is InChI=1S/C20H20BrFN4O2/c1-11-12(2)28-20-17(11)18(23-10-24-20)26-7-3-4-13(9-26)19(27)25-16-6-5-14(21)8-15(16)22/h5-6,8,10,13H,3-4,7,9H2,1-2H3,(H,25,27). The number of nitrogens with zero attached hydrogens (tertiary/aromatic N) is 3. The van der Waals surface area contributed by atoms with Gasteiger partial charge in [0.15, 0.2) is 0 Å². The number of benzene rings is 1. The maximum atomic E-state index is 14.1. The smallest absolute Gasteiger partial charge is 0.231 e. The maximum absolute atomic E-state index is 14.1. The van der Waals surface area contributed by atoms with Gasteiger partial charge in [0.05, 0.1) is 17.0 Å². The molecule has 0 spiro atoms. The van der Waals surface area contributed by atoms with Gasteiger partial charge in [0.2, 0.25) is 11.6 Å². The van der Waals surface area contributed by atoms with Crippen molar-refractivity contribution in [2.45, 2.75) is 26.7 Å². The predicted molar refractivity (Wildman–Crippen MR) is 109 cm³/mol. The summed E-state index contributed by atoms with van der Waals surface area (Å²) in [4.78, 5) is 23.5. The minimum absolute atomic E-state index is 0.184. The number of aromatic nitrogens is 2. The molecule has 28 heavy (non-hydrogen) atoms. The van der Waals surface area contributed by atoms with Crippen LogP contribution in [0.15, 0.2) is 33.4 Å². The molecular formula is C20H20BrFN4O2. The zero-order valence-electron chi connectivity index (χ0n) is 15.6. The Labute approximate surface area is 170 Å². The fraction of sp³-hybridized carbons (Fsp3) is 0.350. The van der Waals surface area contributed by atoms with Crippen molar-refractivity contribution >= 4 is 44.4 Å². The highest BCUT2D eigenvalue weighted by Gasteiger charge is 2.29. The van der Waals surface area contributed by atoms with Crippen molar-refractivity contribution in [3.8, 4) is 0 Å². The van der Waals surface area contributed by atoms with Crippen LogP contribution in [0.25, 0.3) is 11.1 Å². The lowest BCUT2D eigenvalue weighted by atomic mass is 9.96. The number of fused-ring (bicyclic) bond motifs is 1. The lowest BCUT2D eigenvalue weighted by Crippen LogP contribution is -2.41. The van der Waals surface area contributed by atoms with E-state index in [0.29, 0.717) is 16.7 Å². The molecule has 1 unspecified atom stereocenters. The molecule has 1 N–H and O–H groups in total. The molecule has 1 aromatic carbocycles. The number of anilines is 2. The highest BCUT2D eigenvalue weighted by Crippen LogP contribution is 2.33. The van der Waals surface area contributed by atoms with Crippen LogP contribution in [-0.4, -0.2) is 29.0 Å². The second-order valence-corrected chi connectivity index (χ2v) is 7.97. The van der Waals surface area contributed by atoms with E-state index in [9.17, 15) is 9.18 Å². The van der Waals surface area contributed by atoms with E-state index < -0.39 is 5.82 Å². The van der Waals surface area contributed by atoms with E-state index in [4.69, 9.17) is 4.42 Å². The molecule has 0 saturated carbocycles. The van der Waals surface area contributed by atoms with Crippen LogP contribution >= 0.6 is 15.9 Å². The van der Waals surface area contributed by atoms with Gasteiger partial charge in [-0.25, -0.2) is 14.4 Å². The molecule has 0 bridgehead atoms. The summed E-state index contributed by atoms with van der Waals surface area (Å²) in [5.74, 6) is 0.698.